The quantitative estimate of drug-likeness (QED) is 0.173. The smallest absolute Gasteiger partial charge is 0.0448 e. The molecule has 0 radical (unpaired) electrons. The van der Waals surface area contributed by atoms with Crippen LogP contribution >= 0.6 is 22.7 Å². The summed E-state index contributed by atoms with van der Waals surface area (Å²) in [6.07, 6.45) is 0. The van der Waals surface area contributed by atoms with E-state index in [-0.39, 0.29) is 0 Å². The Hall–Kier alpha value is -5.28. The average Bonchev–Trinajstić information content (AvgIpc) is 3.69. The van der Waals surface area contributed by atoms with Crippen LogP contribution in [0.15, 0.2) is 158 Å². The predicted molar refractivity (Wildman–Crippen MR) is 204 cm³/mol. The number of hydrogen-bond donors (Lipinski definition) is 0. The van der Waals surface area contributed by atoms with Crippen LogP contribution in [0.3, 0.4) is 0 Å². The van der Waals surface area contributed by atoms with Gasteiger partial charge in [0.15, 0.2) is 0 Å². The van der Waals surface area contributed by atoms with Gasteiger partial charge < -0.3 is 0 Å². The zero-order valence-electron chi connectivity index (χ0n) is 24.8. The van der Waals surface area contributed by atoms with Crippen LogP contribution < -0.4 is 0 Å². The van der Waals surface area contributed by atoms with Gasteiger partial charge in [0.25, 0.3) is 0 Å². The summed E-state index contributed by atoms with van der Waals surface area (Å²) in [5.41, 5.74) is 7.58. The Kier molecular flexibility index (Phi) is 5.72. The second kappa shape index (κ2) is 10.1. The Morgan fingerprint density at radius 3 is 1.48 bits per heavy atom. The molecule has 0 nitrogen and oxygen atoms in total. The van der Waals surface area contributed by atoms with Crippen molar-refractivity contribution in [2.45, 2.75) is 0 Å². The maximum atomic E-state index is 2.44. The third kappa shape index (κ3) is 3.84. The molecule has 0 aliphatic heterocycles. The lowest BCUT2D eigenvalue weighted by atomic mass is 9.85. The van der Waals surface area contributed by atoms with Gasteiger partial charge in [0.05, 0.1) is 0 Å². The van der Waals surface area contributed by atoms with Crippen LogP contribution in [-0.4, -0.2) is 0 Å². The van der Waals surface area contributed by atoms with E-state index >= 15 is 0 Å². The van der Waals surface area contributed by atoms with Crippen molar-refractivity contribution < 1.29 is 0 Å². The van der Waals surface area contributed by atoms with Crippen LogP contribution in [0, 0.1) is 0 Å². The van der Waals surface area contributed by atoms with E-state index in [4.69, 9.17) is 0 Å². The topological polar surface area (TPSA) is 0 Å². The standard InChI is InChI=1S/C44H26S2/c1-2-10-27(11-3-1)28-18-20-29(21-19-28)41-31-12-4-6-14-33(31)42(34-15-7-5-13-32(34)41)30-22-24-39-37(26-30)35-23-25-40-43(44(35)46-39)36-16-8-9-17-38(36)45-40/h1-26H. The molecule has 214 valence electrons. The van der Waals surface area contributed by atoms with E-state index in [1.807, 2.05) is 22.7 Å². The minimum atomic E-state index is 1.23. The van der Waals surface area contributed by atoms with E-state index in [1.54, 1.807) is 0 Å². The molecule has 0 atom stereocenters. The highest BCUT2D eigenvalue weighted by Gasteiger charge is 2.18. The van der Waals surface area contributed by atoms with Crippen LogP contribution in [0.2, 0.25) is 0 Å². The van der Waals surface area contributed by atoms with Crippen LogP contribution in [-0.2, 0) is 0 Å². The fourth-order valence-corrected chi connectivity index (χ4v) is 9.83. The minimum Gasteiger partial charge on any atom is -0.135 e. The summed E-state index contributed by atoms with van der Waals surface area (Å²) in [6.45, 7) is 0. The molecule has 2 heterocycles. The monoisotopic (exact) mass is 618 g/mol. The molecule has 46 heavy (non-hydrogen) atoms. The number of fused-ring (bicyclic) bond motifs is 9. The summed E-state index contributed by atoms with van der Waals surface area (Å²) in [7, 11) is 0. The summed E-state index contributed by atoms with van der Waals surface area (Å²) in [4.78, 5) is 0. The van der Waals surface area contributed by atoms with Crippen molar-refractivity contribution in [3.05, 3.63) is 158 Å². The number of hydrogen-bond acceptors (Lipinski definition) is 2. The molecule has 0 unspecified atom stereocenters. The molecule has 0 aliphatic rings. The lowest BCUT2D eigenvalue weighted by Crippen LogP contribution is -1.91. The van der Waals surface area contributed by atoms with Crippen LogP contribution in [0.4, 0.5) is 0 Å². The number of thiophene rings is 2. The first-order valence-corrected chi connectivity index (χ1v) is 17.3. The van der Waals surface area contributed by atoms with Crippen LogP contribution in [0.25, 0.3) is 95.3 Å². The average molecular weight is 619 g/mol. The van der Waals surface area contributed by atoms with Gasteiger partial charge in [-0.2, -0.15) is 0 Å². The zero-order chi connectivity index (χ0) is 30.2. The second-order valence-corrected chi connectivity index (χ2v) is 14.1. The lowest BCUT2D eigenvalue weighted by Gasteiger charge is -2.18. The number of benzene rings is 8. The van der Waals surface area contributed by atoms with Gasteiger partial charge in [-0.05, 0) is 79.2 Å². The summed E-state index contributed by atoms with van der Waals surface area (Å²) >= 11 is 3.82. The maximum Gasteiger partial charge on any atom is 0.0448 e. The van der Waals surface area contributed by atoms with Gasteiger partial charge >= 0.3 is 0 Å². The lowest BCUT2D eigenvalue weighted by molar-refractivity contribution is 1.61. The molecule has 0 aliphatic carbocycles. The van der Waals surface area contributed by atoms with E-state index in [2.05, 4.69) is 158 Å². The normalized spacial score (nSPS) is 11.9. The zero-order valence-corrected chi connectivity index (χ0v) is 26.5. The van der Waals surface area contributed by atoms with Gasteiger partial charge in [-0.3, -0.25) is 0 Å². The van der Waals surface area contributed by atoms with Gasteiger partial charge in [0.2, 0.25) is 0 Å². The predicted octanol–water partition coefficient (Wildman–Crippen LogP) is 13.7. The van der Waals surface area contributed by atoms with Gasteiger partial charge in [0.1, 0.15) is 0 Å². The summed E-state index contributed by atoms with van der Waals surface area (Å²) in [5.74, 6) is 0. The Labute approximate surface area is 274 Å². The largest absolute Gasteiger partial charge is 0.135 e. The Morgan fingerprint density at radius 1 is 0.283 bits per heavy atom. The van der Waals surface area contributed by atoms with E-state index < -0.39 is 0 Å². The highest BCUT2D eigenvalue weighted by Crippen LogP contribution is 2.48. The summed E-state index contributed by atoms with van der Waals surface area (Å²) in [5, 5.41) is 10.6. The van der Waals surface area contributed by atoms with Crippen molar-refractivity contribution in [3.63, 3.8) is 0 Å². The molecule has 0 bridgehead atoms. The van der Waals surface area contributed by atoms with Gasteiger partial charge in [0, 0.05) is 40.3 Å². The van der Waals surface area contributed by atoms with Crippen molar-refractivity contribution in [1.82, 2.24) is 0 Å². The highest BCUT2D eigenvalue weighted by atomic mass is 32.1. The molecule has 0 saturated carbocycles. The molecule has 0 fully saturated rings. The third-order valence-corrected chi connectivity index (χ3v) is 11.8. The van der Waals surface area contributed by atoms with Crippen molar-refractivity contribution in [2.75, 3.05) is 0 Å². The highest BCUT2D eigenvalue weighted by molar-refractivity contribution is 7.29. The first kappa shape index (κ1) is 26.0. The minimum absolute atomic E-state index is 1.23. The van der Waals surface area contributed by atoms with E-state index in [0.29, 0.717) is 0 Å². The molecule has 8 aromatic carbocycles. The van der Waals surface area contributed by atoms with Crippen molar-refractivity contribution >= 4 is 84.6 Å². The SMILES string of the molecule is c1ccc(-c2ccc(-c3c4ccccc4c(-c4ccc5sc6c(ccc7sc8ccccc8c76)c5c4)c4ccccc34)cc2)cc1. The summed E-state index contributed by atoms with van der Waals surface area (Å²) < 4.78 is 5.46. The third-order valence-electron chi connectivity index (χ3n) is 9.48. The van der Waals surface area contributed by atoms with Crippen molar-refractivity contribution in [3.8, 4) is 33.4 Å². The Bertz CT molecular complexity index is 2720. The van der Waals surface area contributed by atoms with Crippen LogP contribution in [0.1, 0.15) is 0 Å². The molecule has 10 aromatic rings. The van der Waals surface area contributed by atoms with E-state index in [1.165, 1.54) is 95.3 Å². The maximum absolute atomic E-state index is 2.44. The fourth-order valence-electron chi connectivity index (χ4n) is 7.41. The molecule has 2 heteroatoms. The molecular weight excluding hydrogens is 593 g/mol. The van der Waals surface area contributed by atoms with Crippen molar-refractivity contribution in [2.24, 2.45) is 0 Å². The Morgan fingerprint density at radius 2 is 0.783 bits per heavy atom. The molecule has 0 spiro atoms. The van der Waals surface area contributed by atoms with Gasteiger partial charge in [-0.25, -0.2) is 0 Å². The van der Waals surface area contributed by atoms with Crippen LogP contribution in [0.5, 0.6) is 0 Å². The number of rotatable bonds is 3. The molecule has 0 amide bonds. The molecule has 0 N–H and O–H groups in total. The summed E-state index contributed by atoms with van der Waals surface area (Å²) in [6, 6.07) is 58.2. The van der Waals surface area contributed by atoms with E-state index in [0.717, 1.165) is 0 Å². The molecule has 2 aromatic heterocycles. The van der Waals surface area contributed by atoms with Gasteiger partial charge in [-0.15, -0.1) is 22.7 Å². The fraction of sp³-hybridized carbons (Fsp3) is 0. The molecular formula is C44H26S2. The first-order valence-electron chi connectivity index (χ1n) is 15.7. The second-order valence-electron chi connectivity index (χ2n) is 12.0. The van der Waals surface area contributed by atoms with E-state index in [9.17, 15) is 0 Å². The first-order chi connectivity index (χ1) is 22.8. The molecule has 0 saturated heterocycles. The van der Waals surface area contributed by atoms with Crippen molar-refractivity contribution in [1.29, 1.82) is 0 Å². The molecule has 10 rings (SSSR count). The van der Waals surface area contributed by atoms with Gasteiger partial charge in [-0.1, -0.05) is 133 Å². The Balaban J connectivity index is 1.22.